The Morgan fingerprint density at radius 3 is 2.12 bits per heavy atom. The minimum atomic E-state index is -5.04. The molecule has 32 heavy (non-hydrogen) atoms. The maximum atomic E-state index is 13.0. The van der Waals surface area contributed by atoms with Crippen LogP contribution in [0.25, 0.3) is 0 Å². The Morgan fingerprint density at radius 1 is 1.09 bits per heavy atom. The first-order chi connectivity index (χ1) is 14.7. The zero-order chi connectivity index (χ0) is 24.3. The summed E-state index contributed by atoms with van der Waals surface area (Å²) in [5.74, 6) is -0.654. The third-order valence-corrected chi connectivity index (χ3v) is 4.90. The number of nitrogens with one attached hydrogen (secondary N) is 1. The number of halogens is 6. The number of anilines is 1. The van der Waals surface area contributed by atoms with Gasteiger partial charge in [-0.15, -0.1) is 11.3 Å². The minimum Gasteiger partial charge on any atom is -0.461 e. The molecule has 2 aromatic rings. The highest BCUT2D eigenvalue weighted by atomic mass is 32.1. The van der Waals surface area contributed by atoms with Crippen molar-refractivity contribution in [3.05, 3.63) is 45.4 Å². The summed E-state index contributed by atoms with van der Waals surface area (Å²) in [6, 6.07) is -0.595. The van der Waals surface area contributed by atoms with Crippen LogP contribution in [0.15, 0.2) is 23.6 Å². The summed E-state index contributed by atoms with van der Waals surface area (Å²) in [7, 11) is 0. The van der Waals surface area contributed by atoms with Crippen LogP contribution in [-0.2, 0) is 23.6 Å². The van der Waals surface area contributed by atoms with Crippen molar-refractivity contribution in [1.29, 1.82) is 0 Å². The monoisotopic (exact) mass is 483 g/mol. The van der Waals surface area contributed by atoms with Gasteiger partial charge >= 0.3 is 24.4 Å². The van der Waals surface area contributed by atoms with E-state index in [-0.39, 0.29) is 24.9 Å². The van der Waals surface area contributed by atoms with Gasteiger partial charge < -0.3 is 15.0 Å². The van der Waals surface area contributed by atoms with Crippen molar-refractivity contribution in [1.82, 2.24) is 9.88 Å². The van der Waals surface area contributed by atoms with E-state index in [4.69, 9.17) is 4.74 Å². The zero-order valence-corrected chi connectivity index (χ0v) is 17.9. The highest BCUT2D eigenvalue weighted by Crippen LogP contribution is 2.37. The molecule has 0 atom stereocenters. The third-order valence-electron chi connectivity index (χ3n) is 4.07. The van der Waals surface area contributed by atoms with Gasteiger partial charge in [0.15, 0.2) is 5.69 Å². The second kappa shape index (κ2) is 9.76. The standard InChI is InChI=1S/C19H19F6N3O3S/c1-4-31-16(29)14-9-32-15(27-14)8-28(10(2)3)17(30)26-13-6-11(18(20,21)22)5-12(7-13)19(23,24)25/h5-7,9-10H,4,8H2,1-3H3,(H,26,30). The van der Waals surface area contributed by atoms with Crippen LogP contribution in [0.2, 0.25) is 0 Å². The Bertz CT molecular complexity index is 940. The molecular formula is C19H19F6N3O3S. The van der Waals surface area contributed by atoms with Gasteiger partial charge in [-0.1, -0.05) is 0 Å². The molecule has 2 rings (SSSR count). The molecule has 0 saturated heterocycles. The molecule has 176 valence electrons. The lowest BCUT2D eigenvalue weighted by Gasteiger charge is -2.26. The number of carbonyl (C=O) groups excluding carboxylic acids is 2. The summed E-state index contributed by atoms with van der Waals surface area (Å²) in [6.07, 6.45) is -10.1. The van der Waals surface area contributed by atoms with Gasteiger partial charge in [0.2, 0.25) is 0 Å². The van der Waals surface area contributed by atoms with E-state index in [2.05, 4.69) is 10.3 Å². The fraction of sp³-hybridized carbons (Fsp3) is 0.421. The Labute approximate surface area is 183 Å². The van der Waals surface area contributed by atoms with E-state index in [0.29, 0.717) is 17.1 Å². The van der Waals surface area contributed by atoms with Crippen molar-refractivity contribution in [3.63, 3.8) is 0 Å². The lowest BCUT2D eigenvalue weighted by molar-refractivity contribution is -0.143. The van der Waals surface area contributed by atoms with E-state index < -0.39 is 47.2 Å². The molecule has 0 aliphatic rings. The summed E-state index contributed by atoms with van der Waals surface area (Å²) in [6.45, 7) is 4.84. The number of alkyl halides is 6. The molecule has 0 bridgehead atoms. The van der Waals surface area contributed by atoms with E-state index in [1.807, 2.05) is 0 Å². The SMILES string of the molecule is CCOC(=O)c1csc(CN(C(=O)Nc2cc(C(F)(F)F)cc(C(F)(F)F)c2)C(C)C)n1. The minimum absolute atomic E-state index is 0.0254. The number of nitrogens with zero attached hydrogens (tertiary/aromatic N) is 2. The number of rotatable bonds is 6. The average Bonchev–Trinajstić information content (AvgIpc) is 3.13. The number of hydrogen-bond donors (Lipinski definition) is 1. The topological polar surface area (TPSA) is 71.5 Å². The van der Waals surface area contributed by atoms with Crippen molar-refractivity contribution in [2.24, 2.45) is 0 Å². The van der Waals surface area contributed by atoms with Crippen molar-refractivity contribution in [2.75, 3.05) is 11.9 Å². The highest BCUT2D eigenvalue weighted by Gasteiger charge is 2.37. The van der Waals surface area contributed by atoms with Gasteiger partial charge in [-0.2, -0.15) is 26.3 Å². The third kappa shape index (κ3) is 6.58. The predicted octanol–water partition coefficient (Wildman–Crippen LogP) is 5.80. The number of thiazole rings is 1. The number of ether oxygens (including phenoxy) is 1. The average molecular weight is 483 g/mol. The quantitative estimate of drug-likeness (QED) is 0.417. The molecule has 0 saturated carbocycles. The molecule has 1 aromatic heterocycles. The van der Waals surface area contributed by atoms with Gasteiger partial charge in [0.1, 0.15) is 5.01 Å². The smallest absolute Gasteiger partial charge is 0.416 e. The van der Waals surface area contributed by atoms with Gasteiger partial charge in [-0.05, 0) is 39.0 Å². The van der Waals surface area contributed by atoms with Crippen LogP contribution in [0.4, 0.5) is 36.8 Å². The number of urea groups is 1. The van der Waals surface area contributed by atoms with Crippen LogP contribution in [0, 0.1) is 0 Å². The van der Waals surface area contributed by atoms with Crippen molar-refractivity contribution >= 4 is 29.0 Å². The summed E-state index contributed by atoms with van der Waals surface area (Å²) in [4.78, 5) is 29.6. The number of carbonyl (C=O) groups is 2. The van der Waals surface area contributed by atoms with Gasteiger partial charge in [-0.3, -0.25) is 0 Å². The summed E-state index contributed by atoms with van der Waals surface area (Å²) < 4.78 is 83.0. The summed E-state index contributed by atoms with van der Waals surface area (Å²) >= 11 is 1.05. The fourth-order valence-electron chi connectivity index (χ4n) is 2.54. The van der Waals surface area contributed by atoms with Crippen LogP contribution in [0.1, 0.15) is 47.4 Å². The Morgan fingerprint density at radius 2 is 1.66 bits per heavy atom. The summed E-state index contributed by atoms with van der Waals surface area (Å²) in [5.41, 5.74) is -3.71. The molecule has 1 aromatic carbocycles. The van der Waals surface area contributed by atoms with Gasteiger partial charge in [0.25, 0.3) is 0 Å². The largest absolute Gasteiger partial charge is 0.461 e. The lowest BCUT2D eigenvalue weighted by Crippen LogP contribution is -2.39. The van der Waals surface area contributed by atoms with Gasteiger partial charge in [-0.25, -0.2) is 14.6 Å². The van der Waals surface area contributed by atoms with Crippen LogP contribution in [0.3, 0.4) is 0 Å². The van der Waals surface area contributed by atoms with Crippen LogP contribution < -0.4 is 5.32 Å². The van der Waals surface area contributed by atoms with E-state index in [1.54, 1.807) is 20.8 Å². The van der Waals surface area contributed by atoms with Crippen LogP contribution >= 0.6 is 11.3 Å². The normalized spacial score (nSPS) is 12.1. The molecule has 0 spiro atoms. The van der Waals surface area contributed by atoms with E-state index in [0.717, 1.165) is 16.2 Å². The molecule has 0 unspecified atom stereocenters. The van der Waals surface area contributed by atoms with Crippen LogP contribution in [0.5, 0.6) is 0 Å². The number of hydrogen-bond acceptors (Lipinski definition) is 5. The summed E-state index contributed by atoms with van der Waals surface area (Å²) in [5, 5.41) is 3.84. The molecule has 1 N–H and O–H groups in total. The zero-order valence-electron chi connectivity index (χ0n) is 17.1. The maximum Gasteiger partial charge on any atom is 0.416 e. The maximum absolute atomic E-state index is 13.0. The molecular weight excluding hydrogens is 464 g/mol. The van der Waals surface area contributed by atoms with Crippen molar-refractivity contribution < 1.29 is 40.7 Å². The van der Waals surface area contributed by atoms with E-state index >= 15 is 0 Å². The first kappa shape index (κ1) is 25.4. The Balaban J connectivity index is 2.27. The molecule has 13 heteroatoms. The molecule has 0 aliphatic heterocycles. The lowest BCUT2D eigenvalue weighted by atomic mass is 10.1. The van der Waals surface area contributed by atoms with Crippen molar-refractivity contribution in [2.45, 2.75) is 45.7 Å². The number of benzene rings is 1. The molecule has 0 radical (unpaired) electrons. The highest BCUT2D eigenvalue weighted by molar-refractivity contribution is 7.09. The molecule has 2 amide bonds. The molecule has 1 heterocycles. The second-order valence-corrected chi connectivity index (χ2v) is 7.74. The molecule has 0 aliphatic carbocycles. The van der Waals surface area contributed by atoms with Crippen LogP contribution in [-0.4, -0.2) is 34.5 Å². The van der Waals surface area contributed by atoms with E-state index in [9.17, 15) is 35.9 Å². The van der Waals surface area contributed by atoms with Gasteiger partial charge in [0.05, 0.1) is 24.3 Å². The Hall–Kier alpha value is -2.83. The fourth-order valence-corrected chi connectivity index (χ4v) is 3.30. The Kier molecular flexibility index (Phi) is 7.75. The number of esters is 1. The molecule has 6 nitrogen and oxygen atoms in total. The first-order valence-electron chi connectivity index (χ1n) is 9.21. The number of amides is 2. The molecule has 0 fully saturated rings. The van der Waals surface area contributed by atoms with Gasteiger partial charge in [0, 0.05) is 17.1 Å². The second-order valence-electron chi connectivity index (χ2n) is 6.79. The number of aromatic nitrogens is 1. The predicted molar refractivity (Wildman–Crippen MR) is 104 cm³/mol. The van der Waals surface area contributed by atoms with Crippen molar-refractivity contribution in [3.8, 4) is 0 Å². The first-order valence-corrected chi connectivity index (χ1v) is 10.1. The van der Waals surface area contributed by atoms with E-state index in [1.165, 1.54) is 5.38 Å².